The Morgan fingerprint density at radius 1 is 0.800 bits per heavy atom. The highest BCUT2D eigenvalue weighted by Gasteiger charge is 2.29. The fraction of sp³-hybridized carbons (Fsp3) is 1.00. The molecule has 1 nitrogen and oxygen atoms in total. The summed E-state index contributed by atoms with van der Waals surface area (Å²) < 4.78 is 0. The molecule has 3 rings (SSSR count). The first-order valence-electron chi connectivity index (χ1n) is 4.52. The van der Waals surface area contributed by atoms with E-state index < -0.39 is 0 Å². The lowest BCUT2D eigenvalue weighted by Crippen LogP contribution is -2.08. The molecule has 0 aliphatic heterocycles. The average molecular weight is 140 g/mol. The predicted octanol–water partition coefficient (Wildman–Crippen LogP) is 1.95. The van der Waals surface area contributed by atoms with Crippen LogP contribution in [-0.4, -0.2) is 11.2 Å². The molecule has 1 heteroatoms. The van der Waals surface area contributed by atoms with E-state index in [0.717, 1.165) is 24.7 Å². The van der Waals surface area contributed by atoms with E-state index in [1.54, 1.807) is 0 Å². The maximum absolute atomic E-state index is 9.47. The van der Waals surface area contributed by atoms with Crippen LogP contribution in [-0.2, 0) is 0 Å². The number of hydrogen-bond acceptors (Lipinski definition) is 1. The van der Waals surface area contributed by atoms with Crippen molar-refractivity contribution in [1.82, 2.24) is 0 Å². The average Bonchev–Trinajstić information content (AvgIpc) is 2.17. The zero-order valence-electron chi connectivity index (χ0n) is 6.42. The molecule has 1 N–H and O–H groups in total. The quantitative estimate of drug-likeness (QED) is 0.545. The lowest BCUT2D eigenvalue weighted by molar-refractivity contribution is 0.141. The molecular weight excluding hydrogens is 124 g/mol. The van der Waals surface area contributed by atoms with Crippen molar-refractivity contribution in [3.63, 3.8) is 0 Å². The van der Waals surface area contributed by atoms with Gasteiger partial charge in [-0.05, 0) is 24.7 Å². The Morgan fingerprint density at radius 2 is 1.20 bits per heavy atom. The molecule has 3 aliphatic carbocycles. The SMILES string of the molecule is OC1CC2CCC(CC2)C1. The van der Waals surface area contributed by atoms with Crippen molar-refractivity contribution in [3.05, 3.63) is 0 Å². The Labute approximate surface area is 62.4 Å². The van der Waals surface area contributed by atoms with E-state index in [9.17, 15) is 5.11 Å². The summed E-state index contributed by atoms with van der Waals surface area (Å²) >= 11 is 0. The van der Waals surface area contributed by atoms with Crippen LogP contribution in [0, 0.1) is 11.8 Å². The molecule has 0 heterocycles. The lowest BCUT2D eigenvalue weighted by Gasteiger charge is -2.21. The van der Waals surface area contributed by atoms with E-state index in [-0.39, 0.29) is 6.10 Å². The minimum atomic E-state index is 0.0417. The van der Waals surface area contributed by atoms with Crippen molar-refractivity contribution in [2.24, 2.45) is 11.8 Å². The van der Waals surface area contributed by atoms with Crippen molar-refractivity contribution in [3.8, 4) is 0 Å². The maximum atomic E-state index is 9.47. The molecule has 0 unspecified atom stereocenters. The predicted molar refractivity (Wildman–Crippen MR) is 40.7 cm³/mol. The van der Waals surface area contributed by atoms with Crippen LogP contribution in [0.3, 0.4) is 0 Å². The van der Waals surface area contributed by atoms with Crippen LogP contribution in [0.1, 0.15) is 38.5 Å². The van der Waals surface area contributed by atoms with Crippen LogP contribution in [0.5, 0.6) is 0 Å². The van der Waals surface area contributed by atoms with Gasteiger partial charge in [-0.25, -0.2) is 0 Å². The Balaban J connectivity index is 2.05. The minimum Gasteiger partial charge on any atom is -0.393 e. The first-order valence-corrected chi connectivity index (χ1v) is 4.52. The molecular formula is C9H16O. The van der Waals surface area contributed by atoms with E-state index in [1.165, 1.54) is 25.7 Å². The smallest absolute Gasteiger partial charge is 0.0545 e. The van der Waals surface area contributed by atoms with Gasteiger partial charge in [-0.15, -0.1) is 0 Å². The highest BCUT2D eigenvalue weighted by atomic mass is 16.3. The molecule has 3 fully saturated rings. The Hall–Kier alpha value is -0.0400. The zero-order valence-corrected chi connectivity index (χ0v) is 6.42. The third-order valence-corrected chi connectivity index (χ3v) is 3.18. The summed E-state index contributed by atoms with van der Waals surface area (Å²) in [7, 11) is 0. The summed E-state index contributed by atoms with van der Waals surface area (Å²) in [6.07, 6.45) is 7.79. The first kappa shape index (κ1) is 6.66. The largest absolute Gasteiger partial charge is 0.393 e. The highest BCUT2D eigenvalue weighted by Crippen LogP contribution is 2.38. The second-order valence-electron chi connectivity index (χ2n) is 4.01. The van der Waals surface area contributed by atoms with E-state index in [2.05, 4.69) is 0 Å². The molecule has 0 atom stereocenters. The Morgan fingerprint density at radius 3 is 1.60 bits per heavy atom. The van der Waals surface area contributed by atoms with Gasteiger partial charge in [-0.1, -0.05) is 25.7 Å². The van der Waals surface area contributed by atoms with E-state index in [0.29, 0.717) is 0 Å². The van der Waals surface area contributed by atoms with Crippen molar-refractivity contribution in [1.29, 1.82) is 0 Å². The number of aliphatic hydroxyl groups is 1. The summed E-state index contributed by atoms with van der Waals surface area (Å²) in [6.45, 7) is 0. The van der Waals surface area contributed by atoms with Crippen LogP contribution >= 0.6 is 0 Å². The molecule has 3 aliphatic rings. The van der Waals surface area contributed by atoms with Crippen molar-refractivity contribution >= 4 is 0 Å². The third-order valence-electron chi connectivity index (χ3n) is 3.18. The van der Waals surface area contributed by atoms with Gasteiger partial charge in [0.05, 0.1) is 6.10 Å². The van der Waals surface area contributed by atoms with Gasteiger partial charge >= 0.3 is 0 Å². The van der Waals surface area contributed by atoms with Crippen LogP contribution in [0.2, 0.25) is 0 Å². The Kier molecular flexibility index (Phi) is 1.69. The van der Waals surface area contributed by atoms with Gasteiger partial charge in [0, 0.05) is 0 Å². The molecule has 58 valence electrons. The van der Waals surface area contributed by atoms with E-state index >= 15 is 0 Å². The highest BCUT2D eigenvalue weighted by molar-refractivity contribution is 4.81. The molecule has 0 aromatic heterocycles. The second kappa shape index (κ2) is 2.54. The fourth-order valence-corrected chi connectivity index (χ4v) is 2.57. The standard InChI is InChI=1S/C9H16O/c10-9-5-7-1-2-8(6-9)4-3-7/h7-10H,1-6H2. The van der Waals surface area contributed by atoms with Gasteiger partial charge in [-0.2, -0.15) is 0 Å². The fourth-order valence-electron chi connectivity index (χ4n) is 2.57. The first-order chi connectivity index (χ1) is 4.84. The van der Waals surface area contributed by atoms with Gasteiger partial charge in [0.15, 0.2) is 0 Å². The maximum Gasteiger partial charge on any atom is 0.0545 e. The lowest BCUT2D eigenvalue weighted by atomic mass is 9.84. The van der Waals surface area contributed by atoms with Gasteiger partial charge in [0.2, 0.25) is 0 Å². The summed E-state index contributed by atoms with van der Waals surface area (Å²) in [6, 6.07) is 0. The molecule has 0 radical (unpaired) electrons. The number of hydrogen-bond donors (Lipinski definition) is 1. The zero-order chi connectivity index (χ0) is 6.97. The van der Waals surface area contributed by atoms with Crippen molar-refractivity contribution < 1.29 is 5.11 Å². The van der Waals surface area contributed by atoms with E-state index in [1.807, 2.05) is 0 Å². The minimum absolute atomic E-state index is 0.0417. The van der Waals surface area contributed by atoms with E-state index in [4.69, 9.17) is 0 Å². The molecule has 0 saturated heterocycles. The van der Waals surface area contributed by atoms with Crippen LogP contribution in [0.25, 0.3) is 0 Å². The van der Waals surface area contributed by atoms with Crippen LogP contribution in [0.4, 0.5) is 0 Å². The van der Waals surface area contributed by atoms with Crippen molar-refractivity contribution in [2.45, 2.75) is 44.6 Å². The third kappa shape index (κ3) is 1.20. The van der Waals surface area contributed by atoms with Crippen LogP contribution in [0.15, 0.2) is 0 Å². The normalized spacial score (nSPS) is 47.1. The molecule has 2 bridgehead atoms. The number of rotatable bonds is 0. The van der Waals surface area contributed by atoms with Crippen molar-refractivity contribution in [2.75, 3.05) is 0 Å². The second-order valence-corrected chi connectivity index (χ2v) is 4.01. The van der Waals surface area contributed by atoms with Crippen LogP contribution < -0.4 is 0 Å². The summed E-state index contributed by atoms with van der Waals surface area (Å²) in [4.78, 5) is 0. The molecule has 3 saturated carbocycles. The number of fused-ring (bicyclic) bond motifs is 4. The number of aliphatic hydroxyl groups excluding tert-OH is 1. The molecule has 0 spiro atoms. The molecule has 0 amide bonds. The van der Waals surface area contributed by atoms with Gasteiger partial charge < -0.3 is 5.11 Å². The van der Waals surface area contributed by atoms with Gasteiger partial charge in [-0.3, -0.25) is 0 Å². The van der Waals surface area contributed by atoms with Gasteiger partial charge in [0.1, 0.15) is 0 Å². The molecule has 10 heavy (non-hydrogen) atoms. The topological polar surface area (TPSA) is 20.2 Å². The monoisotopic (exact) mass is 140 g/mol. The Bertz CT molecular complexity index is 99.9. The molecule has 0 aromatic rings. The summed E-state index contributed by atoms with van der Waals surface area (Å²) in [5, 5.41) is 9.47. The molecule has 0 aromatic carbocycles. The summed E-state index contributed by atoms with van der Waals surface area (Å²) in [5.41, 5.74) is 0. The summed E-state index contributed by atoms with van der Waals surface area (Å²) in [5.74, 6) is 1.74. The van der Waals surface area contributed by atoms with Gasteiger partial charge in [0.25, 0.3) is 0 Å².